The molecule has 1 fully saturated rings. The number of likely N-dealkylation sites (N-methyl/N-ethyl adjacent to an activating group) is 1. The van der Waals surface area contributed by atoms with Crippen LogP contribution in [0, 0.1) is 0 Å². The van der Waals surface area contributed by atoms with Gasteiger partial charge in [0.15, 0.2) is 0 Å². The van der Waals surface area contributed by atoms with E-state index in [1.54, 1.807) is 0 Å². The maximum atomic E-state index is 11.6. The van der Waals surface area contributed by atoms with Gasteiger partial charge in [-0.15, -0.1) is 0 Å². The molecule has 1 saturated heterocycles. The number of sulfonamides is 1. The Labute approximate surface area is 89.3 Å². The SMILES string of the molecule is CN(C1CCOC1)S(=O)(=O)CC(N)=S. The van der Waals surface area contributed by atoms with Crippen LogP contribution in [0.4, 0.5) is 0 Å². The molecule has 0 aliphatic carbocycles. The van der Waals surface area contributed by atoms with E-state index in [4.69, 9.17) is 10.5 Å². The predicted molar refractivity (Wildman–Crippen MR) is 57.6 cm³/mol. The third-order valence-corrected chi connectivity index (χ3v) is 4.36. The molecule has 14 heavy (non-hydrogen) atoms. The lowest BCUT2D eigenvalue weighted by molar-refractivity contribution is 0.181. The van der Waals surface area contributed by atoms with Crippen LogP contribution in [0.15, 0.2) is 0 Å². The lowest BCUT2D eigenvalue weighted by Gasteiger charge is -2.21. The fraction of sp³-hybridized carbons (Fsp3) is 0.857. The Hall–Kier alpha value is -0.240. The van der Waals surface area contributed by atoms with E-state index in [-0.39, 0.29) is 16.8 Å². The molecule has 0 amide bonds. The van der Waals surface area contributed by atoms with Crippen molar-refractivity contribution in [3.8, 4) is 0 Å². The van der Waals surface area contributed by atoms with Crippen LogP contribution in [0.25, 0.3) is 0 Å². The van der Waals surface area contributed by atoms with Crippen molar-refractivity contribution in [2.75, 3.05) is 26.0 Å². The largest absolute Gasteiger partial charge is 0.392 e. The zero-order valence-corrected chi connectivity index (χ0v) is 9.60. The lowest BCUT2D eigenvalue weighted by atomic mass is 10.3. The molecule has 1 unspecified atom stereocenters. The van der Waals surface area contributed by atoms with Crippen molar-refractivity contribution >= 4 is 27.2 Å². The van der Waals surface area contributed by atoms with Crippen LogP contribution < -0.4 is 5.73 Å². The van der Waals surface area contributed by atoms with Gasteiger partial charge in [0, 0.05) is 13.7 Å². The molecular formula is C7H14N2O3S2. The monoisotopic (exact) mass is 238 g/mol. The van der Waals surface area contributed by atoms with Gasteiger partial charge in [0.05, 0.1) is 17.6 Å². The van der Waals surface area contributed by atoms with Gasteiger partial charge in [0.2, 0.25) is 10.0 Å². The second-order valence-corrected chi connectivity index (χ2v) is 5.81. The third kappa shape index (κ3) is 2.88. The number of ether oxygens (including phenoxy) is 1. The highest BCUT2D eigenvalue weighted by Gasteiger charge is 2.29. The Bertz CT molecular complexity index is 309. The van der Waals surface area contributed by atoms with Crippen LogP contribution in [0.1, 0.15) is 6.42 Å². The Balaban J connectivity index is 2.66. The van der Waals surface area contributed by atoms with Crippen LogP contribution in [-0.4, -0.2) is 49.8 Å². The van der Waals surface area contributed by atoms with Gasteiger partial charge in [-0.25, -0.2) is 8.42 Å². The predicted octanol–water partition coefficient (Wildman–Crippen LogP) is -0.677. The highest BCUT2D eigenvalue weighted by atomic mass is 32.2. The molecule has 0 spiro atoms. The van der Waals surface area contributed by atoms with Gasteiger partial charge >= 0.3 is 0 Å². The molecule has 0 saturated carbocycles. The Morgan fingerprint density at radius 2 is 2.36 bits per heavy atom. The highest BCUT2D eigenvalue weighted by molar-refractivity contribution is 7.92. The first-order chi connectivity index (χ1) is 6.43. The lowest BCUT2D eigenvalue weighted by Crippen LogP contribution is -2.41. The summed E-state index contributed by atoms with van der Waals surface area (Å²) < 4.78 is 29.7. The van der Waals surface area contributed by atoms with Crippen molar-refractivity contribution in [2.24, 2.45) is 5.73 Å². The number of hydrogen-bond donors (Lipinski definition) is 1. The van der Waals surface area contributed by atoms with Crippen LogP contribution in [0.3, 0.4) is 0 Å². The van der Waals surface area contributed by atoms with E-state index in [1.807, 2.05) is 0 Å². The van der Waals surface area contributed by atoms with Crippen molar-refractivity contribution in [1.29, 1.82) is 0 Å². The Kier molecular flexibility index (Phi) is 3.82. The van der Waals surface area contributed by atoms with Gasteiger partial charge in [-0.1, -0.05) is 12.2 Å². The van der Waals surface area contributed by atoms with Crippen LogP contribution in [0.2, 0.25) is 0 Å². The maximum Gasteiger partial charge on any atom is 0.220 e. The average Bonchev–Trinajstić information content (AvgIpc) is 2.51. The van der Waals surface area contributed by atoms with E-state index in [9.17, 15) is 8.42 Å². The van der Waals surface area contributed by atoms with Crippen molar-refractivity contribution in [2.45, 2.75) is 12.5 Å². The Morgan fingerprint density at radius 3 is 2.79 bits per heavy atom. The molecule has 1 aliphatic rings. The van der Waals surface area contributed by atoms with Gasteiger partial charge in [0.25, 0.3) is 0 Å². The fourth-order valence-corrected chi connectivity index (χ4v) is 2.95. The van der Waals surface area contributed by atoms with Crippen LogP contribution in [-0.2, 0) is 14.8 Å². The maximum absolute atomic E-state index is 11.6. The normalized spacial score (nSPS) is 22.9. The molecule has 1 rings (SSSR count). The molecule has 7 heteroatoms. The molecule has 0 bridgehead atoms. The number of thiocarbonyl (C=S) groups is 1. The zero-order valence-electron chi connectivity index (χ0n) is 7.97. The van der Waals surface area contributed by atoms with E-state index < -0.39 is 10.0 Å². The molecule has 1 atom stereocenters. The van der Waals surface area contributed by atoms with Crippen molar-refractivity contribution in [3.05, 3.63) is 0 Å². The molecule has 0 aromatic rings. The van der Waals surface area contributed by atoms with Gasteiger partial charge in [-0.2, -0.15) is 4.31 Å². The second kappa shape index (κ2) is 4.52. The molecule has 2 N–H and O–H groups in total. The minimum Gasteiger partial charge on any atom is -0.392 e. The summed E-state index contributed by atoms with van der Waals surface area (Å²) in [6.45, 7) is 1.06. The first kappa shape index (κ1) is 11.8. The van der Waals surface area contributed by atoms with Crippen molar-refractivity contribution in [1.82, 2.24) is 4.31 Å². The Morgan fingerprint density at radius 1 is 1.71 bits per heavy atom. The van der Waals surface area contributed by atoms with E-state index in [0.717, 1.165) is 6.42 Å². The third-order valence-electron chi connectivity index (χ3n) is 2.18. The van der Waals surface area contributed by atoms with Crippen LogP contribution >= 0.6 is 12.2 Å². The molecule has 5 nitrogen and oxygen atoms in total. The molecule has 0 radical (unpaired) electrons. The molecule has 1 aliphatic heterocycles. The first-order valence-corrected chi connectivity index (χ1v) is 6.27. The summed E-state index contributed by atoms with van der Waals surface area (Å²) in [5.41, 5.74) is 5.21. The van der Waals surface area contributed by atoms with Crippen LogP contribution in [0.5, 0.6) is 0 Å². The summed E-state index contributed by atoms with van der Waals surface area (Å²) >= 11 is 4.58. The number of nitrogens with zero attached hydrogens (tertiary/aromatic N) is 1. The van der Waals surface area contributed by atoms with Gasteiger partial charge in [0.1, 0.15) is 5.75 Å². The molecule has 0 aromatic heterocycles. The smallest absolute Gasteiger partial charge is 0.220 e. The van der Waals surface area contributed by atoms with E-state index in [0.29, 0.717) is 13.2 Å². The van der Waals surface area contributed by atoms with Gasteiger partial charge in [-0.05, 0) is 6.42 Å². The molecule has 0 aromatic carbocycles. The average molecular weight is 238 g/mol. The molecular weight excluding hydrogens is 224 g/mol. The van der Waals surface area contributed by atoms with Gasteiger partial charge in [-0.3, -0.25) is 0 Å². The summed E-state index contributed by atoms with van der Waals surface area (Å²) in [7, 11) is -1.82. The summed E-state index contributed by atoms with van der Waals surface area (Å²) in [4.78, 5) is -0.00392. The number of nitrogens with two attached hydrogens (primary N) is 1. The second-order valence-electron chi connectivity index (χ2n) is 3.26. The zero-order chi connectivity index (χ0) is 10.8. The van der Waals surface area contributed by atoms with E-state index >= 15 is 0 Å². The number of rotatable bonds is 4. The van der Waals surface area contributed by atoms with E-state index in [1.165, 1.54) is 11.4 Å². The summed E-state index contributed by atoms with van der Waals surface area (Å²) in [6, 6.07) is -0.0747. The molecule has 82 valence electrons. The number of hydrogen-bond acceptors (Lipinski definition) is 4. The van der Waals surface area contributed by atoms with Crippen molar-refractivity contribution in [3.63, 3.8) is 0 Å². The fourth-order valence-electron chi connectivity index (χ4n) is 1.32. The van der Waals surface area contributed by atoms with Crippen molar-refractivity contribution < 1.29 is 13.2 Å². The summed E-state index contributed by atoms with van der Waals surface area (Å²) in [5, 5.41) is 0. The van der Waals surface area contributed by atoms with E-state index in [2.05, 4.69) is 12.2 Å². The first-order valence-electron chi connectivity index (χ1n) is 4.25. The minimum absolute atomic E-state index is 0.00392. The quantitative estimate of drug-likeness (QED) is 0.657. The summed E-state index contributed by atoms with van der Waals surface area (Å²) in [6.07, 6.45) is 0.729. The minimum atomic E-state index is -3.36. The topological polar surface area (TPSA) is 72.6 Å². The molecule has 1 heterocycles. The van der Waals surface area contributed by atoms with Gasteiger partial charge < -0.3 is 10.5 Å². The highest BCUT2D eigenvalue weighted by Crippen LogP contribution is 2.14. The standard InChI is InChI=1S/C7H14N2O3S2/c1-9(6-2-3-12-4-6)14(10,11)5-7(8)13/h6H,2-5H2,1H3,(H2,8,13). The summed E-state index contributed by atoms with van der Waals surface area (Å²) in [5.74, 6) is -0.269.